The minimum atomic E-state index is -0.681. The molecule has 1 aliphatic rings. The summed E-state index contributed by atoms with van der Waals surface area (Å²) < 4.78 is 11.0. The molecule has 31 heavy (non-hydrogen) atoms. The fourth-order valence-electron chi connectivity index (χ4n) is 3.33. The van der Waals surface area contributed by atoms with E-state index in [1.807, 2.05) is 12.3 Å². The highest BCUT2D eigenvalue weighted by Crippen LogP contribution is 2.40. The number of benzene rings is 2. The third kappa shape index (κ3) is 5.02. The molecular formula is C23H25N3O4S. The molecule has 2 aromatic carbocycles. The molecule has 0 spiro atoms. The van der Waals surface area contributed by atoms with Crippen LogP contribution in [0.2, 0.25) is 0 Å². The molecule has 162 valence electrons. The van der Waals surface area contributed by atoms with Gasteiger partial charge < -0.3 is 19.8 Å². The van der Waals surface area contributed by atoms with Crippen LogP contribution in [0, 0.1) is 0 Å². The van der Waals surface area contributed by atoms with Crippen LogP contribution in [0.25, 0.3) is 11.1 Å². The van der Waals surface area contributed by atoms with Crippen molar-refractivity contribution < 1.29 is 18.7 Å². The lowest BCUT2D eigenvalue weighted by Gasteiger charge is -2.19. The van der Waals surface area contributed by atoms with Crippen LogP contribution in [0.5, 0.6) is 5.75 Å². The smallest absolute Gasteiger partial charge is 0.255 e. The summed E-state index contributed by atoms with van der Waals surface area (Å²) in [5, 5.41) is 5.76. The lowest BCUT2D eigenvalue weighted by atomic mass is 10.1. The van der Waals surface area contributed by atoms with E-state index in [2.05, 4.69) is 15.6 Å². The van der Waals surface area contributed by atoms with Crippen molar-refractivity contribution in [2.75, 3.05) is 24.4 Å². The number of nitrogens with zero attached hydrogens (tertiary/aromatic N) is 1. The molecule has 8 heteroatoms. The molecule has 4 rings (SSSR count). The first-order valence-corrected chi connectivity index (χ1v) is 11.6. The molecule has 2 N–H and O–H groups in total. The number of methoxy groups -OCH3 is 1. The molecule has 1 heterocycles. The van der Waals surface area contributed by atoms with Crippen molar-refractivity contribution in [1.29, 1.82) is 0 Å². The van der Waals surface area contributed by atoms with Crippen LogP contribution in [0.4, 0.5) is 5.69 Å². The minimum Gasteiger partial charge on any atom is -0.496 e. The standard InChI is InChI=1S/C23H25N3O4S/c1-29-19-6-4-3-5-16(19)21(27)25-17(11-12-31-2)22(28)24-15-9-10-20-18(13-15)26-23(30-20)14-7-8-14/h3-6,9-10,13-14,17H,7-8,11-12H2,1-2H3,(H,24,28)(H,25,27). The fourth-order valence-corrected chi connectivity index (χ4v) is 3.80. The Balaban J connectivity index is 1.48. The maximum atomic E-state index is 13.0. The number of hydrogen-bond donors (Lipinski definition) is 2. The number of oxazole rings is 1. The van der Waals surface area contributed by atoms with Gasteiger partial charge in [-0.05, 0) is 61.6 Å². The topological polar surface area (TPSA) is 93.5 Å². The largest absolute Gasteiger partial charge is 0.496 e. The zero-order chi connectivity index (χ0) is 21.8. The van der Waals surface area contributed by atoms with E-state index in [0.717, 1.165) is 30.0 Å². The average Bonchev–Trinajstić information content (AvgIpc) is 3.55. The van der Waals surface area contributed by atoms with E-state index in [9.17, 15) is 9.59 Å². The first-order chi connectivity index (χ1) is 15.1. The van der Waals surface area contributed by atoms with Crippen molar-refractivity contribution >= 4 is 40.4 Å². The number of carbonyl (C=O) groups is 2. The Hall–Kier alpha value is -3.00. The Bertz CT molecular complexity index is 1090. The zero-order valence-electron chi connectivity index (χ0n) is 17.5. The predicted octanol–water partition coefficient (Wildman–Crippen LogP) is 4.20. The van der Waals surface area contributed by atoms with Crippen LogP contribution in [0.1, 0.15) is 41.4 Å². The molecular weight excluding hydrogens is 414 g/mol. The van der Waals surface area contributed by atoms with Gasteiger partial charge in [-0.1, -0.05) is 12.1 Å². The van der Waals surface area contributed by atoms with Gasteiger partial charge in [0.15, 0.2) is 11.5 Å². The van der Waals surface area contributed by atoms with E-state index in [-0.39, 0.29) is 11.8 Å². The maximum Gasteiger partial charge on any atom is 0.255 e. The van der Waals surface area contributed by atoms with Crippen LogP contribution < -0.4 is 15.4 Å². The van der Waals surface area contributed by atoms with E-state index in [1.165, 1.54) is 7.11 Å². The van der Waals surface area contributed by atoms with Gasteiger partial charge in [0.25, 0.3) is 5.91 Å². The zero-order valence-corrected chi connectivity index (χ0v) is 18.3. The van der Waals surface area contributed by atoms with E-state index in [0.29, 0.717) is 34.9 Å². The molecule has 2 amide bonds. The summed E-state index contributed by atoms with van der Waals surface area (Å²) in [6.45, 7) is 0. The summed E-state index contributed by atoms with van der Waals surface area (Å²) in [5.41, 5.74) is 2.44. The Morgan fingerprint density at radius 3 is 2.81 bits per heavy atom. The van der Waals surface area contributed by atoms with E-state index < -0.39 is 6.04 Å². The second-order valence-corrected chi connectivity index (χ2v) is 8.49. The Morgan fingerprint density at radius 2 is 2.06 bits per heavy atom. The number of nitrogens with one attached hydrogen (secondary N) is 2. The molecule has 1 aliphatic carbocycles. The number of amides is 2. The molecule has 1 atom stereocenters. The second-order valence-electron chi connectivity index (χ2n) is 7.51. The summed E-state index contributed by atoms with van der Waals surface area (Å²) in [6.07, 6.45) is 4.69. The molecule has 0 saturated heterocycles. The summed E-state index contributed by atoms with van der Waals surface area (Å²) in [5.74, 6) is 1.76. The van der Waals surface area contributed by atoms with Gasteiger partial charge in [0.05, 0.1) is 12.7 Å². The first kappa shape index (κ1) is 21.2. The van der Waals surface area contributed by atoms with Gasteiger partial charge in [-0.25, -0.2) is 4.98 Å². The molecule has 1 unspecified atom stereocenters. The van der Waals surface area contributed by atoms with Crippen LogP contribution in [0.15, 0.2) is 46.9 Å². The monoisotopic (exact) mass is 439 g/mol. The van der Waals surface area contributed by atoms with Crippen LogP contribution in [-0.4, -0.2) is 42.0 Å². The number of fused-ring (bicyclic) bond motifs is 1. The van der Waals surface area contributed by atoms with Crippen molar-refractivity contribution in [2.45, 2.75) is 31.2 Å². The molecule has 0 bridgehead atoms. The lowest BCUT2D eigenvalue weighted by molar-refractivity contribution is -0.118. The molecule has 1 saturated carbocycles. The number of rotatable bonds is 9. The molecule has 0 radical (unpaired) electrons. The minimum absolute atomic E-state index is 0.275. The van der Waals surface area contributed by atoms with Crippen LogP contribution >= 0.6 is 11.8 Å². The predicted molar refractivity (Wildman–Crippen MR) is 122 cm³/mol. The summed E-state index contributed by atoms with van der Waals surface area (Å²) in [7, 11) is 1.51. The lowest BCUT2D eigenvalue weighted by Crippen LogP contribution is -2.44. The van der Waals surface area contributed by atoms with Crippen molar-refractivity contribution in [3.63, 3.8) is 0 Å². The van der Waals surface area contributed by atoms with Crippen molar-refractivity contribution in [3.05, 3.63) is 53.9 Å². The number of ether oxygens (including phenoxy) is 1. The Labute approximate surface area is 184 Å². The number of thioether (sulfide) groups is 1. The highest BCUT2D eigenvalue weighted by Gasteiger charge is 2.29. The summed E-state index contributed by atoms with van der Waals surface area (Å²) in [4.78, 5) is 30.3. The van der Waals surface area contributed by atoms with Crippen molar-refractivity contribution in [3.8, 4) is 5.75 Å². The fraction of sp³-hybridized carbons (Fsp3) is 0.348. The van der Waals surface area contributed by atoms with Gasteiger partial charge in [-0.3, -0.25) is 9.59 Å². The summed E-state index contributed by atoms with van der Waals surface area (Å²) in [6, 6.07) is 11.7. The van der Waals surface area contributed by atoms with Crippen molar-refractivity contribution in [1.82, 2.24) is 10.3 Å². The Kier molecular flexibility index (Phi) is 6.46. The van der Waals surface area contributed by atoms with Gasteiger partial charge in [0.2, 0.25) is 5.91 Å². The summed E-state index contributed by atoms with van der Waals surface area (Å²) >= 11 is 1.62. The van der Waals surface area contributed by atoms with Gasteiger partial charge in [-0.15, -0.1) is 0 Å². The van der Waals surface area contributed by atoms with E-state index in [4.69, 9.17) is 9.15 Å². The molecule has 0 aliphatic heterocycles. The first-order valence-electron chi connectivity index (χ1n) is 10.2. The number of para-hydroxylation sites is 1. The second kappa shape index (κ2) is 9.43. The molecule has 1 aromatic heterocycles. The number of anilines is 1. The quantitative estimate of drug-likeness (QED) is 0.519. The van der Waals surface area contributed by atoms with Crippen molar-refractivity contribution in [2.24, 2.45) is 0 Å². The van der Waals surface area contributed by atoms with E-state index >= 15 is 0 Å². The Morgan fingerprint density at radius 1 is 1.26 bits per heavy atom. The van der Waals surface area contributed by atoms with Gasteiger partial charge in [-0.2, -0.15) is 11.8 Å². The van der Waals surface area contributed by atoms with Gasteiger partial charge in [0.1, 0.15) is 17.3 Å². The third-order valence-electron chi connectivity index (χ3n) is 5.18. The molecule has 3 aromatic rings. The highest BCUT2D eigenvalue weighted by molar-refractivity contribution is 7.98. The molecule has 1 fully saturated rings. The van der Waals surface area contributed by atoms with Crippen LogP contribution in [-0.2, 0) is 4.79 Å². The SMILES string of the molecule is COc1ccccc1C(=O)NC(CCSC)C(=O)Nc1ccc2oc(C3CC3)nc2c1. The number of aromatic nitrogens is 1. The molecule has 7 nitrogen and oxygen atoms in total. The normalized spacial score (nSPS) is 14.3. The van der Waals surface area contributed by atoms with Gasteiger partial charge >= 0.3 is 0 Å². The third-order valence-corrected chi connectivity index (χ3v) is 5.83. The maximum absolute atomic E-state index is 13.0. The van der Waals surface area contributed by atoms with Crippen LogP contribution in [0.3, 0.4) is 0 Å². The highest BCUT2D eigenvalue weighted by atomic mass is 32.2. The van der Waals surface area contributed by atoms with Gasteiger partial charge in [0, 0.05) is 11.6 Å². The average molecular weight is 440 g/mol. The van der Waals surface area contributed by atoms with E-state index in [1.54, 1.807) is 48.2 Å². The number of carbonyl (C=O) groups excluding carboxylic acids is 2. The number of hydrogen-bond acceptors (Lipinski definition) is 6.